The third-order valence-corrected chi connectivity index (χ3v) is 7.86. The zero-order valence-corrected chi connectivity index (χ0v) is 20.5. The van der Waals surface area contributed by atoms with Crippen molar-refractivity contribution in [1.29, 1.82) is 0 Å². The van der Waals surface area contributed by atoms with Gasteiger partial charge < -0.3 is 9.64 Å². The second-order valence-electron chi connectivity index (χ2n) is 9.04. The van der Waals surface area contributed by atoms with Crippen molar-refractivity contribution >= 4 is 17.0 Å². The summed E-state index contributed by atoms with van der Waals surface area (Å²) in [7, 11) is 4.44. The molecule has 3 nitrogen and oxygen atoms in total. The lowest BCUT2D eigenvalue weighted by molar-refractivity contribution is 0.115. The fraction of sp³-hybridized carbons (Fsp3) is 0.429. The molecule has 0 N–H and O–H groups in total. The third-order valence-electron chi connectivity index (χ3n) is 6.90. The molecule has 1 unspecified atom stereocenters. The van der Waals surface area contributed by atoms with Crippen molar-refractivity contribution in [3.8, 4) is 5.75 Å². The Kier molecular flexibility index (Phi) is 7.54. The van der Waals surface area contributed by atoms with E-state index in [4.69, 9.17) is 4.74 Å². The van der Waals surface area contributed by atoms with Crippen molar-refractivity contribution in [2.45, 2.75) is 50.7 Å². The van der Waals surface area contributed by atoms with E-state index in [1.54, 1.807) is 11.3 Å². The zero-order valence-electron chi connectivity index (χ0n) is 19.7. The largest absolute Gasteiger partial charge is 0.485 e. The van der Waals surface area contributed by atoms with Crippen LogP contribution >= 0.6 is 11.3 Å². The topological polar surface area (TPSA) is 15.7 Å². The number of anilines is 1. The summed E-state index contributed by atoms with van der Waals surface area (Å²) in [6.07, 6.45) is 5.81. The van der Waals surface area contributed by atoms with Crippen LogP contribution < -0.4 is 9.64 Å². The number of unbranched alkanes of at least 4 members (excludes halogenated alkanes) is 1. The molecule has 0 aliphatic carbocycles. The van der Waals surface area contributed by atoms with Crippen LogP contribution in [0.25, 0.3) is 0 Å². The molecule has 1 fully saturated rings. The van der Waals surface area contributed by atoms with E-state index in [1.165, 1.54) is 29.0 Å². The molecule has 4 heteroatoms. The zero-order chi connectivity index (χ0) is 22.4. The number of benzene rings is 2. The Morgan fingerprint density at radius 3 is 2.44 bits per heavy atom. The van der Waals surface area contributed by atoms with E-state index in [1.807, 2.05) is 0 Å². The van der Waals surface area contributed by atoms with E-state index < -0.39 is 0 Å². The Labute approximate surface area is 197 Å². The second kappa shape index (κ2) is 10.5. The van der Waals surface area contributed by atoms with Crippen molar-refractivity contribution in [2.24, 2.45) is 0 Å². The smallest absolute Gasteiger partial charge is 0.133 e. The first-order valence-corrected chi connectivity index (χ1v) is 12.8. The van der Waals surface area contributed by atoms with E-state index >= 15 is 0 Å². The van der Waals surface area contributed by atoms with Crippen molar-refractivity contribution in [3.63, 3.8) is 0 Å². The van der Waals surface area contributed by atoms with Gasteiger partial charge in [0.05, 0.1) is 0 Å². The molecular weight excluding hydrogens is 412 g/mol. The minimum atomic E-state index is 0.107. The van der Waals surface area contributed by atoms with E-state index in [2.05, 4.69) is 103 Å². The molecule has 3 aromatic rings. The fourth-order valence-electron chi connectivity index (χ4n) is 4.92. The highest BCUT2D eigenvalue weighted by atomic mass is 32.1. The minimum absolute atomic E-state index is 0.107. The molecule has 4 rings (SSSR count). The van der Waals surface area contributed by atoms with Gasteiger partial charge in [-0.3, -0.25) is 4.90 Å². The molecule has 0 amide bonds. The third kappa shape index (κ3) is 5.02. The first-order valence-electron chi connectivity index (χ1n) is 11.9. The molecule has 0 saturated carbocycles. The molecule has 2 heterocycles. The van der Waals surface area contributed by atoms with Crippen molar-refractivity contribution < 1.29 is 4.74 Å². The van der Waals surface area contributed by atoms with Gasteiger partial charge >= 0.3 is 0 Å². The normalized spacial score (nSPS) is 16.8. The summed E-state index contributed by atoms with van der Waals surface area (Å²) in [6.45, 7) is 4.33. The summed E-state index contributed by atoms with van der Waals surface area (Å²) in [5.74, 6) is 0.976. The summed E-state index contributed by atoms with van der Waals surface area (Å²) in [6, 6.07) is 24.0. The van der Waals surface area contributed by atoms with Crippen LogP contribution in [0.2, 0.25) is 0 Å². The van der Waals surface area contributed by atoms with Crippen molar-refractivity contribution in [2.75, 3.05) is 32.1 Å². The number of nitrogens with zero attached hydrogens (tertiary/aromatic N) is 2. The number of ether oxygens (including phenoxy) is 1. The van der Waals surface area contributed by atoms with Crippen LogP contribution in [-0.2, 0) is 5.54 Å². The maximum Gasteiger partial charge on any atom is 0.133 e. The van der Waals surface area contributed by atoms with E-state index in [-0.39, 0.29) is 11.6 Å². The summed E-state index contributed by atoms with van der Waals surface area (Å²) in [5.41, 5.74) is 2.80. The number of thiophene rings is 1. The molecule has 1 aliphatic rings. The Bertz CT molecular complexity index is 947. The minimum Gasteiger partial charge on any atom is -0.485 e. The Balaban J connectivity index is 1.47. The monoisotopic (exact) mass is 448 g/mol. The second-order valence-corrected chi connectivity index (χ2v) is 10.0. The van der Waals surface area contributed by atoms with Crippen LogP contribution in [-0.4, -0.2) is 32.1 Å². The van der Waals surface area contributed by atoms with Crippen LogP contribution in [0.4, 0.5) is 5.69 Å². The van der Waals surface area contributed by atoms with Gasteiger partial charge in [-0.2, -0.15) is 0 Å². The van der Waals surface area contributed by atoms with E-state index in [0.29, 0.717) is 0 Å². The maximum absolute atomic E-state index is 6.52. The SMILES string of the molecule is CCCCC(Oc1cccc(N2CCC(c3ccccc3)(N(C)C)CC2)c1)c1cccs1. The molecule has 0 spiro atoms. The molecule has 170 valence electrons. The maximum atomic E-state index is 6.52. The molecule has 2 aromatic carbocycles. The van der Waals surface area contributed by atoms with Gasteiger partial charge in [-0.25, -0.2) is 0 Å². The van der Waals surface area contributed by atoms with Crippen LogP contribution in [0.1, 0.15) is 55.6 Å². The number of rotatable bonds is 9. The predicted octanol–water partition coefficient (Wildman–Crippen LogP) is 7.12. The Morgan fingerprint density at radius 2 is 1.78 bits per heavy atom. The van der Waals surface area contributed by atoms with Gasteiger partial charge in [0.2, 0.25) is 0 Å². The summed E-state index contributed by atoms with van der Waals surface area (Å²) >= 11 is 1.79. The Morgan fingerprint density at radius 1 is 1.00 bits per heavy atom. The summed E-state index contributed by atoms with van der Waals surface area (Å²) < 4.78 is 6.52. The van der Waals surface area contributed by atoms with Crippen LogP contribution in [0.15, 0.2) is 72.1 Å². The summed E-state index contributed by atoms with van der Waals surface area (Å²) in [4.78, 5) is 6.25. The van der Waals surface area contributed by atoms with Gasteiger partial charge in [0.1, 0.15) is 11.9 Å². The van der Waals surface area contributed by atoms with Crippen LogP contribution in [0.5, 0.6) is 5.75 Å². The van der Waals surface area contributed by atoms with Crippen molar-refractivity contribution in [3.05, 3.63) is 82.6 Å². The predicted molar refractivity (Wildman–Crippen MR) is 137 cm³/mol. The average molecular weight is 449 g/mol. The lowest BCUT2D eigenvalue weighted by atomic mass is 9.79. The summed E-state index contributed by atoms with van der Waals surface area (Å²) in [5, 5.41) is 2.14. The average Bonchev–Trinajstić information content (AvgIpc) is 3.37. The van der Waals surface area contributed by atoms with Crippen molar-refractivity contribution in [1.82, 2.24) is 4.90 Å². The number of hydrogen-bond acceptors (Lipinski definition) is 4. The van der Waals surface area contributed by atoms with Crippen LogP contribution in [0.3, 0.4) is 0 Å². The van der Waals surface area contributed by atoms with E-state index in [0.717, 1.165) is 38.1 Å². The number of piperidine rings is 1. The molecule has 1 saturated heterocycles. The molecule has 0 radical (unpaired) electrons. The number of hydrogen-bond donors (Lipinski definition) is 0. The molecule has 0 bridgehead atoms. The molecule has 32 heavy (non-hydrogen) atoms. The highest BCUT2D eigenvalue weighted by Gasteiger charge is 2.38. The standard InChI is InChI=1S/C28H36N2OS/c1-4-5-15-26(27-16-10-21-32-27)31-25-14-9-13-24(22-25)30-19-17-28(18-20-30,29(2)3)23-11-7-6-8-12-23/h6-14,16,21-22,26H,4-5,15,17-20H2,1-3H3. The van der Waals surface area contributed by atoms with Gasteiger partial charge in [-0.1, -0.05) is 55.8 Å². The first kappa shape index (κ1) is 22.9. The quantitative estimate of drug-likeness (QED) is 0.347. The molecule has 1 atom stereocenters. The van der Waals surface area contributed by atoms with Gasteiger partial charge in [0.25, 0.3) is 0 Å². The molecular formula is C28H36N2OS. The lowest BCUT2D eigenvalue weighted by Crippen LogP contribution is -2.50. The fourth-order valence-corrected chi connectivity index (χ4v) is 5.71. The molecule has 1 aromatic heterocycles. The van der Waals surface area contributed by atoms with Gasteiger partial charge in [0.15, 0.2) is 0 Å². The highest BCUT2D eigenvalue weighted by molar-refractivity contribution is 7.10. The van der Waals surface area contributed by atoms with Gasteiger partial charge in [-0.15, -0.1) is 11.3 Å². The first-order chi connectivity index (χ1) is 15.6. The van der Waals surface area contributed by atoms with E-state index in [9.17, 15) is 0 Å². The highest BCUT2D eigenvalue weighted by Crippen LogP contribution is 2.39. The van der Waals surface area contributed by atoms with Gasteiger partial charge in [0, 0.05) is 35.3 Å². The lowest BCUT2D eigenvalue weighted by Gasteiger charge is -2.47. The van der Waals surface area contributed by atoms with Crippen LogP contribution in [0, 0.1) is 0 Å². The molecule has 1 aliphatic heterocycles. The van der Waals surface area contributed by atoms with Gasteiger partial charge in [-0.05, 0) is 68.9 Å². The Hall–Kier alpha value is -2.30.